The molecule has 88 valence electrons. The monoisotopic (exact) mass is 228 g/mol. The number of carboxylic acid groups (broad SMARTS) is 1. The van der Waals surface area contributed by atoms with E-state index in [1.807, 2.05) is 42.5 Å². The highest BCUT2D eigenvalue weighted by Crippen LogP contribution is 2.29. The molecule has 2 rings (SSSR count). The van der Waals surface area contributed by atoms with Crippen molar-refractivity contribution >= 4 is 5.97 Å². The molecule has 0 radical (unpaired) electrons. The van der Waals surface area contributed by atoms with Gasteiger partial charge in [-0.15, -0.1) is 0 Å². The normalized spacial score (nSPS) is 16.2. The zero-order valence-electron chi connectivity index (χ0n) is 9.62. The summed E-state index contributed by atoms with van der Waals surface area (Å²) < 4.78 is 0. The Hall–Kier alpha value is -1.83. The summed E-state index contributed by atoms with van der Waals surface area (Å²) in [4.78, 5) is 10.9. The van der Waals surface area contributed by atoms with Crippen LogP contribution in [-0.2, 0) is 4.79 Å². The largest absolute Gasteiger partial charge is 0.481 e. The van der Waals surface area contributed by atoms with E-state index in [4.69, 9.17) is 5.11 Å². The van der Waals surface area contributed by atoms with Gasteiger partial charge in [-0.3, -0.25) is 4.79 Å². The van der Waals surface area contributed by atoms with Gasteiger partial charge in [0, 0.05) is 0 Å². The number of hydrogen-bond acceptors (Lipinski definition) is 1. The molecule has 0 aromatic heterocycles. The van der Waals surface area contributed by atoms with Crippen LogP contribution < -0.4 is 0 Å². The summed E-state index contributed by atoms with van der Waals surface area (Å²) in [6, 6.07) is 9.90. The summed E-state index contributed by atoms with van der Waals surface area (Å²) in [5.41, 5.74) is 1.11. The molecule has 1 unspecified atom stereocenters. The summed E-state index contributed by atoms with van der Waals surface area (Å²) in [5.74, 6) is -0.268. The maximum atomic E-state index is 10.9. The topological polar surface area (TPSA) is 37.3 Å². The molecule has 2 heteroatoms. The van der Waals surface area contributed by atoms with Crippen LogP contribution >= 0.6 is 0 Å². The average Bonchev–Trinajstić information content (AvgIpc) is 2.82. The van der Waals surface area contributed by atoms with E-state index < -0.39 is 5.97 Å². The van der Waals surface area contributed by atoms with Crippen LogP contribution in [0.3, 0.4) is 0 Å². The average molecular weight is 228 g/mol. The van der Waals surface area contributed by atoms with Gasteiger partial charge >= 0.3 is 5.97 Å². The molecule has 2 nitrogen and oxygen atoms in total. The lowest BCUT2D eigenvalue weighted by atomic mass is 9.87. The molecule has 0 heterocycles. The van der Waals surface area contributed by atoms with Crippen molar-refractivity contribution in [3.8, 4) is 0 Å². The van der Waals surface area contributed by atoms with Crippen LogP contribution in [0.1, 0.15) is 24.3 Å². The first kappa shape index (κ1) is 11.6. The molecule has 17 heavy (non-hydrogen) atoms. The summed E-state index contributed by atoms with van der Waals surface area (Å²) in [5, 5.41) is 8.98. The zero-order chi connectivity index (χ0) is 12.1. The summed E-state index contributed by atoms with van der Waals surface area (Å²) in [6.07, 6.45) is 9.35. The number of carbonyl (C=O) groups is 1. The Balaban J connectivity index is 2.10. The molecule has 1 aliphatic rings. The smallest absolute Gasteiger partial charge is 0.303 e. The molecule has 0 saturated carbocycles. The third-order valence-electron chi connectivity index (χ3n) is 3.08. The van der Waals surface area contributed by atoms with Gasteiger partial charge in [0.25, 0.3) is 0 Å². The van der Waals surface area contributed by atoms with E-state index in [0.717, 1.165) is 12.0 Å². The van der Waals surface area contributed by atoms with E-state index in [9.17, 15) is 4.79 Å². The Bertz CT molecular complexity index is 419. The molecule has 0 amide bonds. The van der Waals surface area contributed by atoms with E-state index in [1.165, 1.54) is 0 Å². The molecular formula is C15H16O2. The van der Waals surface area contributed by atoms with Crippen LogP contribution in [0.25, 0.3) is 0 Å². The van der Waals surface area contributed by atoms with Crippen molar-refractivity contribution in [2.45, 2.75) is 18.8 Å². The summed E-state index contributed by atoms with van der Waals surface area (Å²) >= 11 is 0. The molecule has 1 atom stereocenters. The van der Waals surface area contributed by atoms with Crippen molar-refractivity contribution in [2.24, 2.45) is 5.92 Å². The SMILES string of the molecule is O=C(O)CC(CC1C=CC=C1)c1ccccc1. The van der Waals surface area contributed by atoms with Crippen LogP contribution in [0.5, 0.6) is 0 Å². The first-order valence-electron chi connectivity index (χ1n) is 5.87. The molecule has 1 aromatic rings. The Morgan fingerprint density at radius 2 is 1.82 bits per heavy atom. The van der Waals surface area contributed by atoms with E-state index in [0.29, 0.717) is 5.92 Å². The zero-order valence-corrected chi connectivity index (χ0v) is 9.62. The molecule has 0 bridgehead atoms. The van der Waals surface area contributed by atoms with Crippen molar-refractivity contribution in [3.05, 3.63) is 60.2 Å². The van der Waals surface area contributed by atoms with Crippen molar-refractivity contribution in [3.63, 3.8) is 0 Å². The lowest BCUT2D eigenvalue weighted by Crippen LogP contribution is -2.09. The second-order valence-corrected chi connectivity index (χ2v) is 4.37. The van der Waals surface area contributed by atoms with Gasteiger partial charge in [-0.2, -0.15) is 0 Å². The quantitative estimate of drug-likeness (QED) is 0.838. The summed E-state index contributed by atoms with van der Waals surface area (Å²) in [6.45, 7) is 0. The minimum atomic E-state index is -0.732. The Kier molecular flexibility index (Phi) is 3.76. The molecule has 1 aliphatic carbocycles. The highest BCUT2D eigenvalue weighted by molar-refractivity contribution is 5.68. The van der Waals surface area contributed by atoms with Gasteiger partial charge < -0.3 is 5.11 Å². The van der Waals surface area contributed by atoms with Crippen LogP contribution in [-0.4, -0.2) is 11.1 Å². The van der Waals surface area contributed by atoms with E-state index in [2.05, 4.69) is 12.2 Å². The highest BCUT2D eigenvalue weighted by atomic mass is 16.4. The van der Waals surface area contributed by atoms with Crippen LogP contribution in [0, 0.1) is 5.92 Å². The minimum absolute atomic E-state index is 0.0890. The maximum Gasteiger partial charge on any atom is 0.303 e. The third kappa shape index (κ3) is 3.31. The van der Waals surface area contributed by atoms with Gasteiger partial charge in [-0.25, -0.2) is 0 Å². The fourth-order valence-electron chi connectivity index (χ4n) is 2.24. The van der Waals surface area contributed by atoms with Gasteiger partial charge in [-0.1, -0.05) is 54.6 Å². The first-order valence-corrected chi connectivity index (χ1v) is 5.87. The first-order chi connectivity index (χ1) is 8.25. The minimum Gasteiger partial charge on any atom is -0.481 e. The molecule has 0 saturated heterocycles. The van der Waals surface area contributed by atoms with Gasteiger partial charge in [-0.05, 0) is 23.8 Å². The number of allylic oxidation sites excluding steroid dienone is 4. The van der Waals surface area contributed by atoms with Crippen molar-refractivity contribution in [2.75, 3.05) is 0 Å². The molecule has 1 N–H and O–H groups in total. The Morgan fingerprint density at radius 1 is 1.18 bits per heavy atom. The lowest BCUT2D eigenvalue weighted by Gasteiger charge is -2.17. The van der Waals surface area contributed by atoms with Gasteiger partial charge in [0.2, 0.25) is 0 Å². The van der Waals surface area contributed by atoms with E-state index >= 15 is 0 Å². The van der Waals surface area contributed by atoms with E-state index in [1.54, 1.807) is 0 Å². The third-order valence-corrected chi connectivity index (χ3v) is 3.08. The fourth-order valence-corrected chi connectivity index (χ4v) is 2.24. The second-order valence-electron chi connectivity index (χ2n) is 4.37. The van der Waals surface area contributed by atoms with Gasteiger partial charge in [0.1, 0.15) is 0 Å². The molecule has 1 aromatic carbocycles. The molecule has 0 aliphatic heterocycles. The Morgan fingerprint density at radius 3 is 2.41 bits per heavy atom. The number of hydrogen-bond donors (Lipinski definition) is 1. The van der Waals surface area contributed by atoms with Crippen molar-refractivity contribution in [1.82, 2.24) is 0 Å². The Labute approximate surface area is 101 Å². The van der Waals surface area contributed by atoms with Crippen LogP contribution in [0.4, 0.5) is 0 Å². The molecular weight excluding hydrogens is 212 g/mol. The molecule has 0 spiro atoms. The number of rotatable bonds is 5. The van der Waals surface area contributed by atoms with Crippen molar-refractivity contribution < 1.29 is 9.90 Å². The predicted molar refractivity (Wildman–Crippen MR) is 67.8 cm³/mol. The second kappa shape index (κ2) is 5.48. The fraction of sp³-hybridized carbons (Fsp3) is 0.267. The van der Waals surface area contributed by atoms with Gasteiger partial charge in [0.05, 0.1) is 6.42 Å². The van der Waals surface area contributed by atoms with Crippen molar-refractivity contribution in [1.29, 1.82) is 0 Å². The lowest BCUT2D eigenvalue weighted by molar-refractivity contribution is -0.137. The number of aliphatic carboxylic acids is 1. The predicted octanol–water partition coefficient (Wildman–Crippen LogP) is 3.38. The van der Waals surface area contributed by atoms with Gasteiger partial charge in [0.15, 0.2) is 0 Å². The van der Waals surface area contributed by atoms with Crippen LogP contribution in [0.15, 0.2) is 54.6 Å². The molecule has 0 fully saturated rings. The standard InChI is InChI=1S/C15H16O2/c16-15(17)11-14(10-12-6-4-5-7-12)13-8-2-1-3-9-13/h1-9,12,14H,10-11H2,(H,16,17). The summed E-state index contributed by atoms with van der Waals surface area (Å²) in [7, 11) is 0. The maximum absolute atomic E-state index is 10.9. The number of carboxylic acids is 1. The number of benzene rings is 1. The van der Waals surface area contributed by atoms with Crippen LogP contribution in [0.2, 0.25) is 0 Å². The highest BCUT2D eigenvalue weighted by Gasteiger charge is 2.18. The van der Waals surface area contributed by atoms with E-state index in [-0.39, 0.29) is 12.3 Å².